The van der Waals surface area contributed by atoms with Crippen molar-refractivity contribution in [2.45, 2.75) is 162 Å². The standard InChI is InChI=1S/C40H66O4/c1-3-5-7-9-11-15-23-33-26-21-27-34(33)24-17-14-19-30-38(40(43)44)37(29-18-10-8-6-4-2)36-31-22-28-35(36)25-16-12-13-20-32-39(41)42/h12-14,19-20,30,32-37H,3-11,15-18,21-29,31H2,1-2H3,(H,41,42)(H,43,44)/t33-,34-,35-,36-,37?/m0/s1. The molecule has 1 unspecified atom stereocenters. The molecular weight excluding hydrogens is 544 g/mol. The van der Waals surface area contributed by atoms with Crippen LogP contribution < -0.4 is 0 Å². The fourth-order valence-corrected chi connectivity index (χ4v) is 8.14. The van der Waals surface area contributed by atoms with E-state index in [-0.39, 0.29) is 5.92 Å². The molecular formula is C40H66O4. The minimum Gasteiger partial charge on any atom is -0.478 e. The van der Waals surface area contributed by atoms with Crippen molar-refractivity contribution in [3.05, 3.63) is 48.1 Å². The molecule has 2 rings (SSSR count). The van der Waals surface area contributed by atoms with Gasteiger partial charge in [0.15, 0.2) is 0 Å². The summed E-state index contributed by atoms with van der Waals surface area (Å²) in [6, 6.07) is 0. The Labute approximate surface area is 270 Å². The number of carbonyl (C=O) groups is 2. The Morgan fingerprint density at radius 2 is 1.23 bits per heavy atom. The number of hydrogen-bond acceptors (Lipinski definition) is 2. The molecule has 4 heteroatoms. The van der Waals surface area contributed by atoms with Crippen LogP contribution in [0.3, 0.4) is 0 Å². The maximum Gasteiger partial charge on any atom is 0.331 e. The van der Waals surface area contributed by atoms with E-state index in [9.17, 15) is 14.7 Å². The van der Waals surface area contributed by atoms with Gasteiger partial charge in [-0.15, -0.1) is 0 Å². The Morgan fingerprint density at radius 1 is 0.659 bits per heavy atom. The monoisotopic (exact) mass is 610 g/mol. The maximum absolute atomic E-state index is 12.7. The van der Waals surface area contributed by atoms with E-state index in [1.807, 2.05) is 18.2 Å². The first-order valence-corrected chi connectivity index (χ1v) is 18.6. The molecule has 0 amide bonds. The summed E-state index contributed by atoms with van der Waals surface area (Å²) in [5, 5.41) is 19.2. The van der Waals surface area contributed by atoms with Crippen LogP contribution in [0.15, 0.2) is 48.1 Å². The zero-order chi connectivity index (χ0) is 31.8. The molecule has 0 radical (unpaired) electrons. The van der Waals surface area contributed by atoms with Crippen molar-refractivity contribution in [1.82, 2.24) is 0 Å². The molecule has 0 aromatic carbocycles. The van der Waals surface area contributed by atoms with E-state index >= 15 is 0 Å². The molecule has 4 nitrogen and oxygen atoms in total. The number of carboxylic acids is 2. The van der Waals surface area contributed by atoms with Crippen LogP contribution in [0.1, 0.15) is 162 Å². The van der Waals surface area contributed by atoms with Crippen molar-refractivity contribution >= 4 is 11.9 Å². The van der Waals surface area contributed by atoms with Gasteiger partial charge in [-0.1, -0.05) is 159 Å². The molecule has 2 fully saturated rings. The largest absolute Gasteiger partial charge is 0.478 e. The second-order valence-corrected chi connectivity index (χ2v) is 13.8. The smallest absolute Gasteiger partial charge is 0.331 e. The molecule has 0 bridgehead atoms. The fraction of sp³-hybridized carbons (Fsp3) is 0.750. The second-order valence-electron chi connectivity index (χ2n) is 13.8. The highest BCUT2D eigenvalue weighted by Crippen LogP contribution is 2.44. The third-order valence-corrected chi connectivity index (χ3v) is 10.6. The van der Waals surface area contributed by atoms with Gasteiger partial charge in [0.05, 0.1) is 0 Å². The minimum atomic E-state index is -0.930. The summed E-state index contributed by atoms with van der Waals surface area (Å²) in [7, 11) is 0. The highest BCUT2D eigenvalue weighted by molar-refractivity contribution is 5.87. The zero-order valence-corrected chi connectivity index (χ0v) is 28.4. The van der Waals surface area contributed by atoms with Crippen molar-refractivity contribution in [3.63, 3.8) is 0 Å². The van der Waals surface area contributed by atoms with Crippen molar-refractivity contribution in [3.8, 4) is 0 Å². The average Bonchev–Trinajstić information content (AvgIpc) is 3.66. The Kier molecular flexibility index (Phi) is 20.9. The lowest BCUT2D eigenvalue weighted by molar-refractivity contribution is -0.134. The van der Waals surface area contributed by atoms with E-state index in [1.165, 1.54) is 109 Å². The van der Waals surface area contributed by atoms with Crippen molar-refractivity contribution in [2.24, 2.45) is 29.6 Å². The third kappa shape index (κ3) is 15.8. The first kappa shape index (κ1) is 38.1. The van der Waals surface area contributed by atoms with Crippen molar-refractivity contribution in [2.75, 3.05) is 0 Å². The molecule has 2 aliphatic carbocycles. The average molecular weight is 611 g/mol. The van der Waals surface area contributed by atoms with Gasteiger partial charge in [-0.2, -0.15) is 0 Å². The summed E-state index contributed by atoms with van der Waals surface area (Å²) in [5.41, 5.74) is 0.621. The predicted molar refractivity (Wildman–Crippen MR) is 186 cm³/mol. The molecule has 0 aromatic rings. The summed E-state index contributed by atoms with van der Waals surface area (Å²) in [6.45, 7) is 4.52. The minimum absolute atomic E-state index is 0.110. The number of allylic oxidation sites excluding steroid dienone is 6. The topological polar surface area (TPSA) is 74.6 Å². The summed E-state index contributed by atoms with van der Waals surface area (Å²) in [6.07, 6.45) is 41.4. The second kappa shape index (κ2) is 24.2. The Balaban J connectivity index is 1.98. The fourth-order valence-electron chi connectivity index (χ4n) is 8.14. The molecule has 5 atom stereocenters. The first-order chi connectivity index (χ1) is 21.5. The van der Waals surface area contributed by atoms with E-state index in [4.69, 9.17) is 5.11 Å². The third-order valence-electron chi connectivity index (χ3n) is 10.6. The van der Waals surface area contributed by atoms with Crippen molar-refractivity contribution in [1.29, 1.82) is 0 Å². The van der Waals surface area contributed by atoms with Crippen LogP contribution in [0.4, 0.5) is 0 Å². The van der Waals surface area contributed by atoms with Gasteiger partial charge < -0.3 is 10.2 Å². The molecule has 0 saturated heterocycles. The van der Waals surface area contributed by atoms with Gasteiger partial charge in [0.1, 0.15) is 0 Å². The number of unbranched alkanes of at least 4 members (excludes halogenated alkanes) is 9. The van der Waals surface area contributed by atoms with Crippen LogP contribution in [0.2, 0.25) is 0 Å². The number of aliphatic carboxylic acids is 2. The highest BCUT2D eigenvalue weighted by atomic mass is 16.4. The van der Waals surface area contributed by atoms with Crippen LogP contribution in [-0.2, 0) is 9.59 Å². The lowest BCUT2D eigenvalue weighted by atomic mass is 9.75. The van der Waals surface area contributed by atoms with Crippen LogP contribution in [0.5, 0.6) is 0 Å². The summed E-state index contributed by atoms with van der Waals surface area (Å²) in [4.78, 5) is 23.4. The lowest BCUT2D eigenvalue weighted by Crippen LogP contribution is -2.25. The molecule has 2 N–H and O–H groups in total. The molecule has 0 spiro atoms. The van der Waals surface area contributed by atoms with Gasteiger partial charge in [0.25, 0.3) is 0 Å². The van der Waals surface area contributed by atoms with Gasteiger partial charge in [0, 0.05) is 11.6 Å². The van der Waals surface area contributed by atoms with E-state index in [1.54, 1.807) is 6.08 Å². The molecule has 2 saturated carbocycles. The summed E-state index contributed by atoms with van der Waals surface area (Å²) in [5.74, 6) is 1.13. The molecule has 250 valence electrons. The van der Waals surface area contributed by atoms with Crippen LogP contribution >= 0.6 is 0 Å². The van der Waals surface area contributed by atoms with Crippen LogP contribution in [0, 0.1) is 29.6 Å². The van der Waals surface area contributed by atoms with Crippen molar-refractivity contribution < 1.29 is 19.8 Å². The lowest BCUT2D eigenvalue weighted by Gasteiger charge is -2.29. The maximum atomic E-state index is 12.7. The normalized spacial score (nSPS) is 23.5. The number of carboxylic acid groups (broad SMARTS) is 2. The summed E-state index contributed by atoms with van der Waals surface area (Å²) < 4.78 is 0. The first-order valence-electron chi connectivity index (χ1n) is 18.6. The van der Waals surface area contributed by atoms with Crippen LogP contribution in [0.25, 0.3) is 0 Å². The Hall–Kier alpha value is -2.10. The highest BCUT2D eigenvalue weighted by Gasteiger charge is 2.36. The molecule has 0 heterocycles. The van der Waals surface area contributed by atoms with Gasteiger partial charge >= 0.3 is 11.9 Å². The van der Waals surface area contributed by atoms with Gasteiger partial charge in [-0.3, -0.25) is 0 Å². The quantitative estimate of drug-likeness (QED) is 0.0612. The predicted octanol–water partition coefficient (Wildman–Crippen LogP) is 11.9. The SMILES string of the molecule is CCCCCCCC[C@H]1CCC[C@@H]1CCC=CC=C(C(=O)O)C(CCCCCCC)[C@H]1CCC[C@@H]1CCC=CC=CC(=O)O. The zero-order valence-electron chi connectivity index (χ0n) is 28.4. The van der Waals surface area contributed by atoms with Crippen LogP contribution in [-0.4, -0.2) is 22.2 Å². The number of hydrogen-bond donors (Lipinski definition) is 2. The van der Waals surface area contributed by atoms with Gasteiger partial charge in [-0.05, 0) is 68.1 Å². The Bertz CT molecular complexity index is 897. The number of rotatable bonds is 25. The van der Waals surface area contributed by atoms with E-state index in [0.29, 0.717) is 17.4 Å². The van der Waals surface area contributed by atoms with E-state index in [2.05, 4.69) is 26.0 Å². The van der Waals surface area contributed by atoms with Gasteiger partial charge in [-0.25, -0.2) is 9.59 Å². The molecule has 2 aliphatic rings. The molecule has 44 heavy (non-hydrogen) atoms. The van der Waals surface area contributed by atoms with E-state index < -0.39 is 11.9 Å². The summed E-state index contributed by atoms with van der Waals surface area (Å²) >= 11 is 0. The molecule has 0 aliphatic heterocycles. The molecule has 0 aromatic heterocycles. The van der Waals surface area contributed by atoms with E-state index in [0.717, 1.165) is 56.4 Å². The Morgan fingerprint density at radius 3 is 1.91 bits per heavy atom. The van der Waals surface area contributed by atoms with Gasteiger partial charge in [0.2, 0.25) is 0 Å².